The molecule has 9 nitrogen and oxygen atoms in total. The fraction of sp³-hybridized carbons (Fsp3) is 0.526. The second-order valence-corrected chi connectivity index (χ2v) is 8.22. The molecule has 0 bridgehead atoms. The van der Waals surface area contributed by atoms with Crippen LogP contribution in [0.2, 0.25) is 0 Å². The highest BCUT2D eigenvalue weighted by atomic mass is 32.2. The lowest BCUT2D eigenvalue weighted by atomic mass is 9.95. The van der Waals surface area contributed by atoms with Gasteiger partial charge in [0.2, 0.25) is 5.91 Å². The number of nitrogens with one attached hydrogen (secondary N) is 1. The number of ether oxygens (including phenoxy) is 2. The summed E-state index contributed by atoms with van der Waals surface area (Å²) in [4.78, 5) is 35.1. The maximum absolute atomic E-state index is 12.4. The molecule has 0 aliphatic heterocycles. The lowest BCUT2D eigenvalue weighted by Gasteiger charge is -2.17. The zero-order valence-corrected chi connectivity index (χ0v) is 17.7. The van der Waals surface area contributed by atoms with Gasteiger partial charge in [-0.1, -0.05) is 6.07 Å². The molecule has 0 saturated carbocycles. The summed E-state index contributed by atoms with van der Waals surface area (Å²) in [5, 5.41) is 2.46. The lowest BCUT2D eigenvalue weighted by Crippen LogP contribution is -2.24. The summed E-state index contributed by atoms with van der Waals surface area (Å²) in [5.74, 6) is -1.61. The van der Waals surface area contributed by atoms with E-state index < -0.39 is 38.9 Å². The first kappa shape index (κ1) is 24.7. The number of anilines is 1. The molecule has 0 aromatic heterocycles. The second kappa shape index (κ2) is 11.0. The SMILES string of the molecule is COC(C)C(=O)OCCC(CC(C)=O)CC(=O)Nc1ccc(C)cc1S(=O)(=O)O. The average Bonchev–Trinajstić information content (AvgIpc) is 2.60. The Hall–Kier alpha value is -2.30. The number of amides is 1. The summed E-state index contributed by atoms with van der Waals surface area (Å²) >= 11 is 0. The van der Waals surface area contributed by atoms with Crippen LogP contribution in [0.4, 0.5) is 5.69 Å². The van der Waals surface area contributed by atoms with Gasteiger partial charge >= 0.3 is 5.97 Å². The van der Waals surface area contributed by atoms with Crippen molar-refractivity contribution in [3.8, 4) is 0 Å². The highest BCUT2D eigenvalue weighted by molar-refractivity contribution is 7.86. The van der Waals surface area contributed by atoms with Gasteiger partial charge in [0.15, 0.2) is 6.10 Å². The summed E-state index contributed by atoms with van der Waals surface area (Å²) in [6.07, 6.45) is -0.432. The van der Waals surface area contributed by atoms with Gasteiger partial charge in [0.05, 0.1) is 12.3 Å². The molecule has 0 aliphatic rings. The quantitative estimate of drug-likeness (QED) is 0.403. The van der Waals surface area contributed by atoms with E-state index in [2.05, 4.69) is 5.32 Å². The molecule has 0 spiro atoms. The third kappa shape index (κ3) is 8.71. The molecule has 0 saturated heterocycles. The minimum absolute atomic E-state index is 0.0125. The molecule has 1 amide bonds. The Kier molecular flexibility index (Phi) is 9.41. The molecule has 0 radical (unpaired) electrons. The van der Waals surface area contributed by atoms with Crippen LogP contribution in [0.1, 0.15) is 38.7 Å². The van der Waals surface area contributed by atoms with Crippen molar-refractivity contribution in [3.05, 3.63) is 23.8 Å². The Bertz CT molecular complexity index is 850. The predicted octanol–water partition coefficient (Wildman–Crippen LogP) is 2.13. The maximum Gasteiger partial charge on any atom is 0.334 e. The third-order valence-electron chi connectivity index (χ3n) is 4.20. The summed E-state index contributed by atoms with van der Waals surface area (Å²) in [7, 11) is -3.15. The van der Waals surface area contributed by atoms with Crippen LogP contribution in [-0.2, 0) is 34.0 Å². The molecule has 2 N–H and O–H groups in total. The molecule has 0 fully saturated rings. The zero-order chi connectivity index (χ0) is 22.2. The van der Waals surface area contributed by atoms with Gasteiger partial charge in [-0.05, 0) is 50.8 Å². The van der Waals surface area contributed by atoms with E-state index in [1.54, 1.807) is 13.0 Å². The van der Waals surface area contributed by atoms with Gasteiger partial charge in [0, 0.05) is 20.0 Å². The molecule has 10 heteroatoms. The number of carbonyl (C=O) groups excluding carboxylic acids is 3. The molecule has 1 aromatic rings. The normalized spacial score (nSPS) is 13.4. The van der Waals surface area contributed by atoms with E-state index in [0.717, 1.165) is 0 Å². The van der Waals surface area contributed by atoms with Crippen LogP contribution >= 0.6 is 0 Å². The second-order valence-electron chi connectivity index (χ2n) is 6.83. The summed E-state index contributed by atoms with van der Waals surface area (Å²) in [5.41, 5.74) is 0.544. The van der Waals surface area contributed by atoms with Crippen LogP contribution in [0.5, 0.6) is 0 Å². The highest BCUT2D eigenvalue weighted by Crippen LogP contribution is 2.24. The molecular weight excluding hydrogens is 402 g/mol. The van der Waals surface area contributed by atoms with Crippen LogP contribution in [0.15, 0.2) is 23.1 Å². The smallest absolute Gasteiger partial charge is 0.334 e. The Morgan fingerprint density at radius 3 is 2.41 bits per heavy atom. The van der Waals surface area contributed by atoms with Gasteiger partial charge in [0.1, 0.15) is 10.7 Å². The van der Waals surface area contributed by atoms with Crippen molar-refractivity contribution in [2.24, 2.45) is 5.92 Å². The van der Waals surface area contributed by atoms with E-state index in [1.165, 1.54) is 33.1 Å². The molecular formula is C19H27NO8S. The molecule has 162 valence electrons. The Labute approximate surface area is 170 Å². The number of ketones is 1. The van der Waals surface area contributed by atoms with Crippen molar-refractivity contribution in [1.29, 1.82) is 0 Å². The van der Waals surface area contributed by atoms with Crippen LogP contribution in [0.25, 0.3) is 0 Å². The number of hydrogen-bond acceptors (Lipinski definition) is 7. The van der Waals surface area contributed by atoms with E-state index in [1.807, 2.05) is 0 Å². The number of esters is 1. The van der Waals surface area contributed by atoms with Crippen molar-refractivity contribution in [1.82, 2.24) is 0 Å². The molecule has 29 heavy (non-hydrogen) atoms. The first-order chi connectivity index (χ1) is 13.4. The van der Waals surface area contributed by atoms with Crippen LogP contribution < -0.4 is 5.32 Å². The minimum atomic E-state index is -4.52. The standard InChI is InChI=1S/C19H27NO8S/c1-12-5-6-16(17(9-12)29(24,25)26)20-18(22)11-15(10-13(2)21)7-8-28-19(23)14(3)27-4/h5-6,9,14-15H,7-8,10-11H2,1-4H3,(H,20,22)(H,24,25,26). The van der Waals surface area contributed by atoms with Gasteiger partial charge in [-0.3, -0.25) is 9.35 Å². The first-order valence-electron chi connectivity index (χ1n) is 9.01. The first-order valence-corrected chi connectivity index (χ1v) is 10.4. The van der Waals surface area contributed by atoms with E-state index in [9.17, 15) is 27.4 Å². The summed E-state index contributed by atoms with van der Waals surface area (Å²) < 4.78 is 42.4. The Morgan fingerprint density at radius 1 is 1.21 bits per heavy atom. The van der Waals surface area contributed by atoms with Crippen molar-refractivity contribution < 1.29 is 36.8 Å². The Morgan fingerprint density at radius 2 is 1.86 bits per heavy atom. The Balaban J connectivity index is 2.79. The van der Waals surface area contributed by atoms with E-state index in [4.69, 9.17) is 9.47 Å². The van der Waals surface area contributed by atoms with E-state index in [-0.39, 0.29) is 37.3 Å². The number of benzene rings is 1. The van der Waals surface area contributed by atoms with Crippen LogP contribution in [0, 0.1) is 12.8 Å². The van der Waals surface area contributed by atoms with Crippen molar-refractivity contribution >= 4 is 33.5 Å². The number of carbonyl (C=O) groups is 3. The van der Waals surface area contributed by atoms with Crippen molar-refractivity contribution in [2.75, 3.05) is 19.0 Å². The summed E-state index contributed by atoms with van der Waals surface area (Å²) in [6.45, 7) is 4.59. The number of aryl methyl sites for hydroxylation is 1. The van der Waals surface area contributed by atoms with Crippen molar-refractivity contribution in [2.45, 2.75) is 51.0 Å². The molecule has 2 unspecified atom stereocenters. The fourth-order valence-corrected chi connectivity index (χ4v) is 3.36. The van der Waals surface area contributed by atoms with Gasteiger partial charge in [-0.15, -0.1) is 0 Å². The molecule has 0 aliphatic carbocycles. The monoisotopic (exact) mass is 429 g/mol. The summed E-state index contributed by atoms with van der Waals surface area (Å²) in [6, 6.07) is 4.21. The van der Waals surface area contributed by atoms with Crippen LogP contribution in [-0.4, -0.2) is 50.5 Å². The predicted molar refractivity (Wildman–Crippen MR) is 105 cm³/mol. The third-order valence-corrected chi connectivity index (χ3v) is 5.09. The topological polar surface area (TPSA) is 136 Å². The number of rotatable bonds is 11. The molecule has 0 heterocycles. The van der Waals surface area contributed by atoms with Crippen molar-refractivity contribution in [3.63, 3.8) is 0 Å². The maximum atomic E-state index is 12.4. The molecule has 2 atom stereocenters. The number of Topliss-reactive ketones (excluding diaryl/α,β-unsaturated/α-hetero) is 1. The van der Waals surface area contributed by atoms with Gasteiger partial charge in [-0.25, -0.2) is 4.79 Å². The van der Waals surface area contributed by atoms with E-state index in [0.29, 0.717) is 5.56 Å². The highest BCUT2D eigenvalue weighted by Gasteiger charge is 2.21. The average molecular weight is 429 g/mol. The number of methoxy groups -OCH3 is 1. The molecule has 1 rings (SSSR count). The largest absolute Gasteiger partial charge is 0.464 e. The fourth-order valence-electron chi connectivity index (χ4n) is 2.63. The minimum Gasteiger partial charge on any atom is -0.464 e. The number of hydrogen-bond donors (Lipinski definition) is 2. The molecule has 1 aromatic carbocycles. The zero-order valence-electron chi connectivity index (χ0n) is 16.9. The van der Waals surface area contributed by atoms with Gasteiger partial charge < -0.3 is 19.6 Å². The van der Waals surface area contributed by atoms with Gasteiger partial charge in [-0.2, -0.15) is 8.42 Å². The lowest BCUT2D eigenvalue weighted by molar-refractivity contribution is -0.154. The van der Waals surface area contributed by atoms with Gasteiger partial charge in [0.25, 0.3) is 10.1 Å². The van der Waals surface area contributed by atoms with E-state index >= 15 is 0 Å². The van der Waals surface area contributed by atoms with Crippen LogP contribution in [0.3, 0.4) is 0 Å².